The van der Waals surface area contributed by atoms with Crippen molar-refractivity contribution in [1.82, 2.24) is 5.32 Å². The van der Waals surface area contributed by atoms with Gasteiger partial charge in [0.05, 0.1) is 6.10 Å². The van der Waals surface area contributed by atoms with Gasteiger partial charge in [-0.2, -0.15) is 0 Å². The standard InChI is InChI=1S/C14H27NO/c1-4-8-15-13(10-12(3)5-2)11-14-7-6-9-16-14/h13-15H,3-11H2,1-2H3. The van der Waals surface area contributed by atoms with Crippen LogP contribution in [0.3, 0.4) is 0 Å². The molecule has 0 spiro atoms. The van der Waals surface area contributed by atoms with E-state index in [1.165, 1.54) is 24.8 Å². The highest BCUT2D eigenvalue weighted by Crippen LogP contribution is 2.20. The van der Waals surface area contributed by atoms with Gasteiger partial charge in [0.25, 0.3) is 0 Å². The highest BCUT2D eigenvalue weighted by molar-refractivity contribution is 4.97. The third-order valence-corrected chi connectivity index (χ3v) is 3.29. The third-order valence-electron chi connectivity index (χ3n) is 3.29. The van der Waals surface area contributed by atoms with Crippen LogP contribution in [0.15, 0.2) is 12.2 Å². The zero-order valence-corrected chi connectivity index (χ0v) is 10.9. The molecule has 0 aromatic carbocycles. The first kappa shape index (κ1) is 13.7. The summed E-state index contributed by atoms with van der Waals surface area (Å²) < 4.78 is 5.71. The van der Waals surface area contributed by atoms with Crippen LogP contribution in [0.25, 0.3) is 0 Å². The smallest absolute Gasteiger partial charge is 0.0590 e. The molecule has 16 heavy (non-hydrogen) atoms. The van der Waals surface area contributed by atoms with Gasteiger partial charge in [-0.3, -0.25) is 0 Å². The maximum atomic E-state index is 5.71. The lowest BCUT2D eigenvalue weighted by Crippen LogP contribution is -2.33. The fourth-order valence-corrected chi connectivity index (χ4v) is 2.23. The predicted octanol–water partition coefficient (Wildman–Crippen LogP) is 3.28. The number of nitrogens with one attached hydrogen (secondary N) is 1. The maximum Gasteiger partial charge on any atom is 0.0590 e. The molecule has 0 saturated carbocycles. The summed E-state index contributed by atoms with van der Waals surface area (Å²) in [5, 5.41) is 3.62. The summed E-state index contributed by atoms with van der Waals surface area (Å²) in [4.78, 5) is 0. The Hall–Kier alpha value is -0.340. The second-order valence-corrected chi connectivity index (χ2v) is 4.83. The molecular formula is C14H27NO. The Kier molecular flexibility index (Phi) is 6.74. The molecule has 1 aliphatic rings. The van der Waals surface area contributed by atoms with E-state index >= 15 is 0 Å². The van der Waals surface area contributed by atoms with Gasteiger partial charge in [-0.1, -0.05) is 26.0 Å². The molecule has 1 N–H and O–H groups in total. The summed E-state index contributed by atoms with van der Waals surface area (Å²) in [5.74, 6) is 0. The van der Waals surface area contributed by atoms with Crippen LogP contribution in [0.4, 0.5) is 0 Å². The van der Waals surface area contributed by atoms with Crippen molar-refractivity contribution >= 4 is 0 Å². The van der Waals surface area contributed by atoms with Crippen LogP contribution in [0.5, 0.6) is 0 Å². The Morgan fingerprint density at radius 1 is 1.50 bits per heavy atom. The Bertz CT molecular complexity index is 197. The van der Waals surface area contributed by atoms with E-state index < -0.39 is 0 Å². The molecule has 2 heteroatoms. The van der Waals surface area contributed by atoms with Gasteiger partial charge in [0.2, 0.25) is 0 Å². The third kappa shape index (κ3) is 5.13. The predicted molar refractivity (Wildman–Crippen MR) is 69.7 cm³/mol. The molecule has 2 nitrogen and oxygen atoms in total. The van der Waals surface area contributed by atoms with Crippen LogP contribution < -0.4 is 5.32 Å². The zero-order valence-electron chi connectivity index (χ0n) is 10.9. The van der Waals surface area contributed by atoms with Crippen molar-refractivity contribution in [3.05, 3.63) is 12.2 Å². The van der Waals surface area contributed by atoms with E-state index in [9.17, 15) is 0 Å². The minimum atomic E-state index is 0.485. The average Bonchev–Trinajstić information content (AvgIpc) is 2.78. The molecule has 94 valence electrons. The Balaban J connectivity index is 2.32. The highest BCUT2D eigenvalue weighted by atomic mass is 16.5. The lowest BCUT2D eigenvalue weighted by Gasteiger charge is -2.22. The van der Waals surface area contributed by atoms with Crippen molar-refractivity contribution in [3.63, 3.8) is 0 Å². The van der Waals surface area contributed by atoms with Crippen LogP contribution in [0.1, 0.15) is 52.4 Å². The highest BCUT2D eigenvalue weighted by Gasteiger charge is 2.20. The average molecular weight is 225 g/mol. The lowest BCUT2D eigenvalue weighted by atomic mass is 9.99. The number of rotatable bonds is 8. The second-order valence-electron chi connectivity index (χ2n) is 4.83. The summed E-state index contributed by atoms with van der Waals surface area (Å²) in [6, 6.07) is 0.565. The second kappa shape index (κ2) is 7.86. The molecule has 0 aromatic rings. The Labute approximate surface area is 100 Å². The van der Waals surface area contributed by atoms with Gasteiger partial charge < -0.3 is 10.1 Å². The number of ether oxygens (including phenoxy) is 1. The van der Waals surface area contributed by atoms with Gasteiger partial charge in [0, 0.05) is 12.6 Å². The van der Waals surface area contributed by atoms with E-state index in [4.69, 9.17) is 4.74 Å². The summed E-state index contributed by atoms with van der Waals surface area (Å²) in [6.45, 7) is 10.6. The first-order valence-electron chi connectivity index (χ1n) is 6.77. The topological polar surface area (TPSA) is 21.3 Å². The Morgan fingerprint density at radius 3 is 2.88 bits per heavy atom. The minimum absolute atomic E-state index is 0.485. The van der Waals surface area contributed by atoms with Gasteiger partial charge >= 0.3 is 0 Å². The van der Waals surface area contributed by atoms with Crippen molar-refractivity contribution in [1.29, 1.82) is 0 Å². The zero-order chi connectivity index (χ0) is 11.8. The van der Waals surface area contributed by atoms with E-state index in [1.54, 1.807) is 0 Å². The van der Waals surface area contributed by atoms with Crippen molar-refractivity contribution < 1.29 is 4.74 Å². The van der Waals surface area contributed by atoms with Crippen molar-refractivity contribution in [3.8, 4) is 0 Å². The molecule has 0 amide bonds. The normalized spacial score (nSPS) is 22.2. The first-order valence-corrected chi connectivity index (χ1v) is 6.77. The summed E-state index contributed by atoms with van der Waals surface area (Å²) >= 11 is 0. The molecular weight excluding hydrogens is 198 g/mol. The van der Waals surface area contributed by atoms with E-state index in [0.29, 0.717) is 12.1 Å². The fourth-order valence-electron chi connectivity index (χ4n) is 2.23. The summed E-state index contributed by atoms with van der Waals surface area (Å²) in [7, 11) is 0. The first-order chi connectivity index (χ1) is 7.76. The van der Waals surface area contributed by atoms with Gasteiger partial charge in [-0.05, 0) is 45.1 Å². The monoisotopic (exact) mass is 225 g/mol. The van der Waals surface area contributed by atoms with E-state index in [-0.39, 0.29) is 0 Å². The van der Waals surface area contributed by atoms with E-state index in [1.807, 2.05) is 0 Å². The SMILES string of the molecule is C=C(CC)CC(CC1CCCO1)NCCC. The van der Waals surface area contributed by atoms with Gasteiger partial charge in [0.1, 0.15) is 0 Å². The van der Waals surface area contributed by atoms with Crippen LogP contribution in [0, 0.1) is 0 Å². The van der Waals surface area contributed by atoms with Crippen LogP contribution in [-0.2, 0) is 4.74 Å². The molecule has 1 heterocycles. The molecule has 0 aromatic heterocycles. The van der Waals surface area contributed by atoms with Gasteiger partial charge in [-0.25, -0.2) is 0 Å². The number of hydrogen-bond donors (Lipinski definition) is 1. The molecule has 0 aliphatic carbocycles. The van der Waals surface area contributed by atoms with Crippen LogP contribution in [-0.4, -0.2) is 25.3 Å². The van der Waals surface area contributed by atoms with E-state index in [2.05, 4.69) is 25.7 Å². The molecule has 2 atom stereocenters. The largest absolute Gasteiger partial charge is 0.378 e. The summed E-state index contributed by atoms with van der Waals surface area (Å²) in [5.41, 5.74) is 1.35. The molecule has 1 fully saturated rings. The molecule has 1 aliphatic heterocycles. The lowest BCUT2D eigenvalue weighted by molar-refractivity contribution is 0.0945. The van der Waals surface area contributed by atoms with Gasteiger partial charge in [0.15, 0.2) is 0 Å². The Morgan fingerprint density at radius 2 is 2.31 bits per heavy atom. The van der Waals surface area contributed by atoms with E-state index in [0.717, 1.165) is 32.4 Å². The fraction of sp³-hybridized carbons (Fsp3) is 0.857. The van der Waals surface area contributed by atoms with Crippen LogP contribution >= 0.6 is 0 Å². The molecule has 0 radical (unpaired) electrons. The summed E-state index contributed by atoms with van der Waals surface area (Å²) in [6.07, 6.45) is 7.51. The molecule has 0 bridgehead atoms. The maximum absolute atomic E-state index is 5.71. The van der Waals surface area contributed by atoms with Crippen molar-refractivity contribution in [2.24, 2.45) is 0 Å². The van der Waals surface area contributed by atoms with Gasteiger partial charge in [-0.15, -0.1) is 0 Å². The molecule has 1 saturated heterocycles. The van der Waals surface area contributed by atoms with Crippen molar-refractivity contribution in [2.45, 2.75) is 64.5 Å². The van der Waals surface area contributed by atoms with Crippen LogP contribution in [0.2, 0.25) is 0 Å². The molecule has 2 unspecified atom stereocenters. The van der Waals surface area contributed by atoms with Crippen molar-refractivity contribution in [2.75, 3.05) is 13.2 Å². The minimum Gasteiger partial charge on any atom is -0.378 e. The quantitative estimate of drug-likeness (QED) is 0.640. The number of hydrogen-bond acceptors (Lipinski definition) is 2. The molecule has 1 rings (SSSR count).